The van der Waals surface area contributed by atoms with Crippen molar-refractivity contribution in [1.82, 2.24) is 10.3 Å². The van der Waals surface area contributed by atoms with Crippen LogP contribution in [0.5, 0.6) is 5.75 Å². The van der Waals surface area contributed by atoms with E-state index in [0.29, 0.717) is 5.75 Å². The number of ether oxygens (including phenoxy) is 5. The summed E-state index contributed by atoms with van der Waals surface area (Å²) in [6.07, 6.45) is -2.94. The lowest BCUT2D eigenvalue weighted by Gasteiger charge is -2.44. The Kier molecular flexibility index (Phi) is 8.00. The molecule has 1 aliphatic rings. The summed E-state index contributed by atoms with van der Waals surface area (Å²) in [5, 5.41) is 3.46. The van der Waals surface area contributed by atoms with Crippen LogP contribution in [0.1, 0.15) is 27.7 Å². The third-order valence-electron chi connectivity index (χ3n) is 4.90. The fraction of sp³-hybridized carbons (Fsp3) is 0.435. The van der Waals surface area contributed by atoms with Crippen LogP contribution in [0.4, 0.5) is 0 Å². The minimum Gasteiger partial charge on any atom is -0.463 e. The van der Waals surface area contributed by atoms with E-state index in [9.17, 15) is 19.2 Å². The van der Waals surface area contributed by atoms with Crippen LogP contribution in [0, 0.1) is 0 Å². The van der Waals surface area contributed by atoms with Crippen molar-refractivity contribution in [2.75, 3.05) is 6.61 Å². The molecular formula is C23H26N2O9. The number of aromatic nitrogens is 1. The first-order valence-electron chi connectivity index (χ1n) is 10.6. The van der Waals surface area contributed by atoms with E-state index in [1.54, 1.807) is 30.5 Å². The Morgan fingerprint density at radius 1 is 0.971 bits per heavy atom. The van der Waals surface area contributed by atoms with E-state index in [4.69, 9.17) is 23.7 Å². The molecule has 1 N–H and O–H groups in total. The van der Waals surface area contributed by atoms with Crippen molar-refractivity contribution in [3.63, 3.8) is 0 Å². The Morgan fingerprint density at radius 2 is 1.68 bits per heavy atom. The van der Waals surface area contributed by atoms with E-state index in [2.05, 4.69) is 10.3 Å². The molecule has 1 aromatic carbocycles. The summed E-state index contributed by atoms with van der Waals surface area (Å²) in [7, 11) is 0. The van der Waals surface area contributed by atoms with E-state index in [-0.39, 0.29) is 6.61 Å². The minimum atomic E-state index is -1.19. The zero-order valence-corrected chi connectivity index (χ0v) is 19.2. The third kappa shape index (κ3) is 6.41. The van der Waals surface area contributed by atoms with Gasteiger partial charge in [-0.2, -0.15) is 0 Å². The fourth-order valence-electron chi connectivity index (χ4n) is 3.65. The van der Waals surface area contributed by atoms with Gasteiger partial charge in [0, 0.05) is 39.3 Å². The number of hydrogen-bond acceptors (Lipinski definition) is 10. The molecule has 1 aliphatic heterocycles. The van der Waals surface area contributed by atoms with Crippen molar-refractivity contribution in [3.05, 3.63) is 36.5 Å². The Balaban J connectivity index is 1.98. The summed E-state index contributed by atoms with van der Waals surface area (Å²) < 4.78 is 27.9. The number of nitrogens with zero attached hydrogens (tertiary/aromatic N) is 1. The van der Waals surface area contributed by atoms with Crippen LogP contribution in [-0.2, 0) is 38.1 Å². The summed E-state index contributed by atoms with van der Waals surface area (Å²) >= 11 is 0. The van der Waals surface area contributed by atoms with Gasteiger partial charge in [0.2, 0.25) is 12.2 Å². The van der Waals surface area contributed by atoms with Gasteiger partial charge in [-0.05, 0) is 24.3 Å². The van der Waals surface area contributed by atoms with Crippen LogP contribution in [0.15, 0.2) is 36.5 Å². The van der Waals surface area contributed by atoms with Crippen LogP contribution >= 0.6 is 0 Å². The van der Waals surface area contributed by atoms with Crippen LogP contribution in [0.2, 0.25) is 0 Å². The SMILES string of the molecule is CC(=O)N[C@H]1[C@H](Oc2ccc3ncccc3c2)O[C@H](COC(C)=O)[C@@H](OC(C)=O)[C@@H]1OC(C)=O. The van der Waals surface area contributed by atoms with Crippen molar-refractivity contribution in [1.29, 1.82) is 0 Å². The van der Waals surface area contributed by atoms with Crippen molar-refractivity contribution in [3.8, 4) is 5.75 Å². The number of carbonyl (C=O) groups is 4. The molecule has 0 spiro atoms. The predicted molar refractivity (Wildman–Crippen MR) is 116 cm³/mol. The van der Waals surface area contributed by atoms with Crippen LogP contribution < -0.4 is 10.1 Å². The monoisotopic (exact) mass is 474 g/mol. The van der Waals surface area contributed by atoms with Crippen molar-refractivity contribution < 1.29 is 42.9 Å². The highest BCUT2D eigenvalue weighted by Gasteiger charge is 2.51. The molecule has 0 bridgehead atoms. The first-order chi connectivity index (χ1) is 16.1. The molecule has 1 fully saturated rings. The fourth-order valence-corrected chi connectivity index (χ4v) is 3.65. The van der Waals surface area contributed by atoms with Gasteiger partial charge in [0.15, 0.2) is 12.2 Å². The van der Waals surface area contributed by atoms with Gasteiger partial charge in [-0.3, -0.25) is 24.2 Å². The largest absolute Gasteiger partial charge is 0.463 e. The Hall–Kier alpha value is -3.73. The van der Waals surface area contributed by atoms with Gasteiger partial charge < -0.3 is 29.0 Å². The topological polar surface area (TPSA) is 139 Å². The minimum absolute atomic E-state index is 0.306. The van der Waals surface area contributed by atoms with Gasteiger partial charge in [0.05, 0.1) is 5.52 Å². The lowest BCUT2D eigenvalue weighted by Crippen LogP contribution is -2.67. The number of benzene rings is 1. The maximum atomic E-state index is 12.0. The number of hydrogen-bond donors (Lipinski definition) is 1. The highest BCUT2D eigenvalue weighted by atomic mass is 16.7. The van der Waals surface area contributed by atoms with Crippen LogP contribution in [0.3, 0.4) is 0 Å². The molecule has 0 aliphatic carbocycles. The summed E-state index contributed by atoms with van der Waals surface area (Å²) in [5.74, 6) is -2.01. The molecule has 0 radical (unpaired) electrons. The quantitative estimate of drug-likeness (QED) is 0.461. The molecule has 2 heterocycles. The number of carbonyl (C=O) groups excluding carboxylic acids is 4. The molecule has 0 saturated carbocycles. The number of amides is 1. The standard InChI is InChI=1S/C23H26N2O9/c1-12(26)25-20-22(32-15(4)29)21(31-14(3)28)19(11-30-13(2)27)34-23(20)33-17-7-8-18-16(10-17)6-5-9-24-18/h5-10,19-23H,11H2,1-4H3,(H,25,26)/t19-,20-,21-,22-,23-/m1/s1. The van der Waals surface area contributed by atoms with E-state index in [0.717, 1.165) is 10.9 Å². The molecular weight excluding hydrogens is 448 g/mol. The molecule has 1 saturated heterocycles. The van der Waals surface area contributed by atoms with Gasteiger partial charge >= 0.3 is 17.9 Å². The zero-order valence-electron chi connectivity index (χ0n) is 19.2. The Morgan fingerprint density at radius 3 is 2.32 bits per heavy atom. The molecule has 11 heteroatoms. The summed E-state index contributed by atoms with van der Waals surface area (Å²) in [5.41, 5.74) is 0.748. The molecule has 3 rings (SSSR count). The van der Waals surface area contributed by atoms with Gasteiger partial charge in [-0.15, -0.1) is 0 Å². The van der Waals surface area contributed by atoms with Crippen molar-refractivity contribution in [2.24, 2.45) is 0 Å². The second kappa shape index (κ2) is 10.9. The Bertz CT molecular complexity index is 1070. The normalized spacial score (nSPS) is 24.1. The van der Waals surface area contributed by atoms with Gasteiger partial charge in [-0.1, -0.05) is 6.07 Å². The second-order valence-corrected chi connectivity index (χ2v) is 7.70. The van der Waals surface area contributed by atoms with Crippen LogP contribution in [-0.4, -0.2) is 66.0 Å². The molecule has 11 nitrogen and oxygen atoms in total. The van der Waals surface area contributed by atoms with Gasteiger partial charge in [0.25, 0.3) is 0 Å². The third-order valence-corrected chi connectivity index (χ3v) is 4.90. The molecule has 1 amide bonds. The van der Waals surface area contributed by atoms with Crippen molar-refractivity contribution >= 4 is 34.7 Å². The average molecular weight is 474 g/mol. The molecule has 5 atom stereocenters. The number of rotatable bonds is 7. The lowest BCUT2D eigenvalue weighted by atomic mass is 9.96. The summed E-state index contributed by atoms with van der Waals surface area (Å²) in [6, 6.07) is 7.73. The lowest BCUT2D eigenvalue weighted by molar-refractivity contribution is -0.257. The molecule has 34 heavy (non-hydrogen) atoms. The smallest absolute Gasteiger partial charge is 0.303 e. The number of nitrogens with one attached hydrogen (secondary N) is 1. The van der Waals surface area contributed by atoms with Gasteiger partial charge in [0.1, 0.15) is 24.5 Å². The summed E-state index contributed by atoms with van der Waals surface area (Å²) in [6.45, 7) is 4.53. The number of pyridine rings is 1. The molecule has 182 valence electrons. The van der Waals surface area contributed by atoms with Crippen molar-refractivity contribution in [2.45, 2.75) is 58.3 Å². The van der Waals surface area contributed by atoms with Gasteiger partial charge in [-0.25, -0.2) is 0 Å². The maximum Gasteiger partial charge on any atom is 0.303 e. The average Bonchev–Trinajstić information content (AvgIpc) is 2.75. The zero-order chi connectivity index (χ0) is 24.8. The first-order valence-corrected chi connectivity index (χ1v) is 10.6. The first kappa shape index (κ1) is 24.9. The predicted octanol–water partition coefficient (Wildman–Crippen LogP) is 1.27. The number of esters is 3. The van der Waals surface area contributed by atoms with E-state index in [1.165, 1.54) is 27.7 Å². The van der Waals surface area contributed by atoms with E-state index in [1.807, 2.05) is 6.07 Å². The maximum absolute atomic E-state index is 12.0. The summed E-state index contributed by atoms with van der Waals surface area (Å²) in [4.78, 5) is 51.4. The number of fused-ring (bicyclic) bond motifs is 1. The molecule has 1 aromatic heterocycles. The van der Waals surface area contributed by atoms with E-state index < -0.39 is 54.5 Å². The van der Waals surface area contributed by atoms with E-state index >= 15 is 0 Å². The highest BCUT2D eigenvalue weighted by molar-refractivity contribution is 5.79. The molecule has 2 aromatic rings. The molecule has 0 unspecified atom stereocenters. The highest BCUT2D eigenvalue weighted by Crippen LogP contribution is 2.30. The second-order valence-electron chi connectivity index (χ2n) is 7.70. The van der Waals surface area contributed by atoms with Crippen LogP contribution in [0.25, 0.3) is 10.9 Å². The Labute approximate surface area is 195 Å².